The molecule has 4 saturated carbocycles. The summed E-state index contributed by atoms with van der Waals surface area (Å²) < 4.78 is 82.9. The maximum atomic E-state index is 14.3. The lowest BCUT2D eigenvalue weighted by atomic mass is 9.39. The number of amides is 6. The van der Waals surface area contributed by atoms with Gasteiger partial charge >= 0.3 is 18.0 Å². The number of aliphatic hydroxyl groups is 3. The number of aliphatic carboxylic acids is 1. The predicted octanol–water partition coefficient (Wildman–Crippen LogP) is 4.28. The molecule has 6 amide bonds. The monoisotopic (exact) mass is 1560 g/mol. The minimum atomic E-state index is -4.79. The summed E-state index contributed by atoms with van der Waals surface area (Å²) in [6.07, 6.45) is -1.95. The third kappa shape index (κ3) is 18.1. The molecule has 110 heavy (non-hydrogen) atoms. The summed E-state index contributed by atoms with van der Waals surface area (Å²) in [6, 6.07) is 17.2. The van der Waals surface area contributed by atoms with Gasteiger partial charge in [0.25, 0.3) is 27.8 Å². The third-order valence-corrected chi connectivity index (χ3v) is 22.6. The van der Waals surface area contributed by atoms with Crippen molar-refractivity contribution in [3.63, 3.8) is 0 Å². The number of carboxylic acid groups (broad SMARTS) is 2. The van der Waals surface area contributed by atoms with Crippen LogP contribution in [0, 0.1) is 23.2 Å². The molecule has 8 atom stereocenters. The second-order valence-corrected chi connectivity index (χ2v) is 32.0. The van der Waals surface area contributed by atoms with E-state index in [0.29, 0.717) is 59.3 Å². The van der Waals surface area contributed by atoms with Crippen LogP contribution in [0.3, 0.4) is 0 Å². The summed E-state index contributed by atoms with van der Waals surface area (Å²) in [7, 11) is -1.72. The van der Waals surface area contributed by atoms with E-state index < -0.39 is 113 Å². The van der Waals surface area contributed by atoms with Gasteiger partial charge in [-0.15, -0.1) is 0 Å². The molecule has 34 nitrogen and oxygen atoms in total. The number of pyridine rings is 1. The maximum Gasteiger partial charge on any atom is 0.410 e. The van der Waals surface area contributed by atoms with Gasteiger partial charge in [-0.05, 0) is 122 Å². The van der Waals surface area contributed by atoms with Crippen LogP contribution in [0.15, 0.2) is 85.1 Å². The highest BCUT2D eigenvalue weighted by Gasteiger charge is 2.66. The smallest absolute Gasteiger partial charge is 0.410 e. The SMILES string of the molecule is COCCN(CCOC12CC3(C)CC(C)(CC(Cn4ncc(-c5ccc(N6CCc7c(OC)ccc(C(=O)Nc8nc9ccccc9s8)c7C6)nc5C(=O)O)c4C)(C3)C1)C2)C(=O)OCc1ccc(OCCOCCNC(=O)[C@H](CS(=O)(=O)O)NC(=O)CCN2C(=O)C=CC2=O)cc1O[C@@H]1O[C@H](C(=O)O)[C@@H](O)[C@H](O)[C@H]1O. The standard InChI is InChI=1S/C74H88N10O24S2/c1-42-48(46-13-15-55(79-59(46)66(93)94)82-21-18-45-49(32-82)47(12-14-52(45)102-5)64(91)80-69-78-50-8-6-7-9-54(50)109-69)31-76-84(42)41-73-36-71(2)35-72(3,37-73)39-74(38-71,40-73)106-27-24-81(23-26-101-4)70(97)105-33-43-10-11-44(30-53(43)107-68-62(90)60(88)61(89)63(108-68)67(95)96)104-29-28-103-25-20-75-65(92)51(34-110(98,99)100)77-56(85)19-22-83-57(86)16-17-58(83)87/h6-17,30-31,51,60-63,68,88-90H,18-29,32-41H2,1-5H3,(H,75,92)(H,77,85)(H,93,94)(H,95,96)(H,78,80,91)(H,98,99,100)/t51-,60-,61-,62+,63-,68+,71?,72?,73?,74?/m0/s1. The van der Waals surface area contributed by atoms with Crippen LogP contribution >= 0.6 is 11.3 Å². The van der Waals surface area contributed by atoms with Crippen molar-refractivity contribution < 1.29 is 115 Å². The fourth-order valence-electron chi connectivity index (χ4n) is 17.1. The van der Waals surface area contributed by atoms with Crippen LogP contribution in [-0.2, 0) is 83.9 Å². The Kier molecular flexibility index (Phi) is 24.0. The van der Waals surface area contributed by atoms with E-state index in [-0.39, 0.29) is 111 Å². The first-order valence-electron chi connectivity index (χ1n) is 35.8. The molecule has 6 heterocycles. The molecule has 3 aliphatic heterocycles. The van der Waals surface area contributed by atoms with E-state index in [1.807, 2.05) is 40.8 Å². The summed E-state index contributed by atoms with van der Waals surface area (Å²) in [5.41, 5.74) is 3.54. The number of para-hydroxylation sites is 1. The van der Waals surface area contributed by atoms with E-state index in [4.69, 9.17) is 48.0 Å². The zero-order valence-corrected chi connectivity index (χ0v) is 62.7. The number of nitrogens with zero attached hydrogens (tertiary/aromatic N) is 7. The lowest BCUT2D eigenvalue weighted by Crippen LogP contribution is -2.64. The van der Waals surface area contributed by atoms with Gasteiger partial charge in [0.1, 0.15) is 66.4 Å². The Hall–Kier alpha value is -9.76. The highest BCUT2D eigenvalue weighted by atomic mass is 32.2. The molecular formula is C74H88N10O24S2. The van der Waals surface area contributed by atoms with Gasteiger partial charge < -0.3 is 83.9 Å². The largest absolute Gasteiger partial charge is 0.496 e. The highest BCUT2D eigenvalue weighted by Crippen LogP contribution is 2.72. The van der Waals surface area contributed by atoms with Gasteiger partial charge in [0, 0.05) is 111 Å². The van der Waals surface area contributed by atoms with Crippen molar-refractivity contribution >= 4 is 90.2 Å². The van der Waals surface area contributed by atoms with Gasteiger partial charge in [0.05, 0.1) is 55.6 Å². The lowest BCUT2D eigenvalue weighted by Gasteiger charge is -2.69. The van der Waals surface area contributed by atoms with Crippen molar-refractivity contribution in [2.75, 3.05) is 95.9 Å². The van der Waals surface area contributed by atoms with Crippen molar-refractivity contribution in [2.24, 2.45) is 16.2 Å². The number of rotatable bonds is 34. The number of anilines is 2. The molecule has 2 unspecified atom stereocenters. The first-order chi connectivity index (χ1) is 52.4. The molecule has 0 spiro atoms. The molecule has 3 aromatic heterocycles. The number of hydrogen-bond acceptors (Lipinski definition) is 26. The maximum absolute atomic E-state index is 14.3. The normalized spacial score (nSPS) is 24.2. The fraction of sp³-hybridized carbons (Fsp3) is 0.500. The molecule has 13 rings (SSSR count). The van der Waals surface area contributed by atoms with Crippen LogP contribution in [0.25, 0.3) is 21.3 Å². The molecule has 3 aromatic carbocycles. The number of nitrogens with one attached hydrogen (secondary N) is 3. The average molecular weight is 1570 g/mol. The number of aliphatic hydroxyl groups excluding tert-OH is 3. The van der Waals surface area contributed by atoms with Crippen LogP contribution in [0.5, 0.6) is 17.2 Å². The first-order valence-corrected chi connectivity index (χ1v) is 38.2. The van der Waals surface area contributed by atoms with E-state index in [9.17, 15) is 76.9 Å². The van der Waals surface area contributed by atoms with E-state index in [1.54, 1.807) is 37.6 Å². The molecule has 9 N–H and O–H groups in total. The number of thiazole rings is 1. The Morgan fingerprint density at radius 1 is 0.818 bits per heavy atom. The number of methoxy groups -OCH3 is 2. The Labute approximate surface area is 635 Å². The molecule has 5 fully saturated rings. The van der Waals surface area contributed by atoms with Gasteiger partial charge in [-0.3, -0.25) is 43.4 Å². The number of aromatic nitrogens is 4. The number of hydrogen-bond donors (Lipinski definition) is 9. The second kappa shape index (κ2) is 33.0. The van der Waals surface area contributed by atoms with Gasteiger partial charge in [-0.2, -0.15) is 13.5 Å². The minimum absolute atomic E-state index is 0.0812. The van der Waals surface area contributed by atoms with Crippen molar-refractivity contribution in [3.05, 3.63) is 119 Å². The van der Waals surface area contributed by atoms with Gasteiger partial charge in [0.2, 0.25) is 18.1 Å². The van der Waals surface area contributed by atoms with Crippen LogP contribution in [0.4, 0.5) is 15.7 Å². The number of ether oxygens (including phenoxy) is 8. The van der Waals surface area contributed by atoms with Gasteiger partial charge in [-0.1, -0.05) is 37.3 Å². The molecule has 1 saturated heterocycles. The number of carbonyl (C=O) groups excluding carboxylic acids is 6. The summed E-state index contributed by atoms with van der Waals surface area (Å²) in [5.74, 6) is -6.59. The third-order valence-electron chi connectivity index (χ3n) is 20.9. The molecule has 6 aromatic rings. The summed E-state index contributed by atoms with van der Waals surface area (Å²) in [4.78, 5) is 116. The fourth-order valence-corrected chi connectivity index (χ4v) is 18.6. The number of aromatic carboxylic acids is 1. The highest BCUT2D eigenvalue weighted by molar-refractivity contribution is 7.85. The Morgan fingerprint density at radius 3 is 2.27 bits per heavy atom. The summed E-state index contributed by atoms with van der Waals surface area (Å²) in [6.45, 7) is 6.74. The van der Waals surface area contributed by atoms with Crippen molar-refractivity contribution in [1.29, 1.82) is 0 Å². The van der Waals surface area contributed by atoms with Crippen molar-refractivity contribution in [1.82, 2.24) is 40.2 Å². The Bertz CT molecular complexity index is 4600. The van der Waals surface area contributed by atoms with E-state index >= 15 is 0 Å². The van der Waals surface area contributed by atoms with E-state index in [2.05, 4.69) is 34.8 Å². The number of benzene rings is 3. The van der Waals surface area contributed by atoms with E-state index in [0.717, 1.165) is 76.2 Å². The lowest BCUT2D eigenvalue weighted by molar-refractivity contribution is -0.271. The summed E-state index contributed by atoms with van der Waals surface area (Å²) in [5, 5.41) is 65.7. The summed E-state index contributed by atoms with van der Waals surface area (Å²) >= 11 is 1.38. The minimum Gasteiger partial charge on any atom is -0.496 e. The number of carboxylic acids is 2. The quantitative estimate of drug-likeness (QED) is 0.0155. The molecule has 7 aliphatic rings. The number of imide groups is 1. The number of fused-ring (bicyclic) bond motifs is 2. The van der Waals surface area contributed by atoms with Gasteiger partial charge in [0.15, 0.2) is 16.9 Å². The average Bonchev–Trinajstić information content (AvgIpc) is 0.729. The first kappa shape index (κ1) is 79.8. The zero-order valence-electron chi connectivity index (χ0n) is 61.1. The van der Waals surface area contributed by atoms with Crippen molar-refractivity contribution in [2.45, 2.75) is 134 Å². The molecule has 590 valence electrons. The topological polar surface area (TPSA) is 455 Å². The van der Waals surface area contributed by atoms with Gasteiger partial charge in [-0.25, -0.2) is 24.4 Å². The van der Waals surface area contributed by atoms with Crippen LogP contribution in [-0.4, -0.2) is 244 Å². The Morgan fingerprint density at radius 2 is 1.56 bits per heavy atom. The van der Waals surface area contributed by atoms with E-state index in [1.165, 1.54) is 41.5 Å². The van der Waals surface area contributed by atoms with Crippen LogP contribution in [0.2, 0.25) is 0 Å². The van der Waals surface area contributed by atoms with Crippen LogP contribution < -0.4 is 35.1 Å². The Balaban J connectivity index is 0.676. The second-order valence-electron chi connectivity index (χ2n) is 29.5. The predicted molar refractivity (Wildman–Crippen MR) is 391 cm³/mol. The molecule has 36 heteroatoms. The van der Waals surface area contributed by atoms with Crippen molar-refractivity contribution in [3.8, 4) is 28.4 Å². The zero-order chi connectivity index (χ0) is 78.6. The molecular weight excluding hydrogens is 1480 g/mol. The van der Waals surface area contributed by atoms with Crippen LogP contribution in [0.1, 0.15) is 102 Å². The molecule has 4 aliphatic carbocycles. The molecule has 4 bridgehead atoms. The molecule has 0 radical (unpaired) electrons. The number of carbonyl (C=O) groups is 8.